The van der Waals surface area contributed by atoms with Crippen molar-refractivity contribution in [3.8, 4) is 0 Å². The number of fused-ring (bicyclic) bond motifs is 2. The molecule has 160 valence electrons. The number of imide groups is 1. The molecule has 3 aromatic rings. The van der Waals surface area contributed by atoms with Gasteiger partial charge in [-0.05, 0) is 43.0 Å². The highest BCUT2D eigenvalue weighted by molar-refractivity contribution is 6.21. The molecule has 7 nitrogen and oxygen atoms in total. The van der Waals surface area contributed by atoms with Gasteiger partial charge in [0.1, 0.15) is 0 Å². The van der Waals surface area contributed by atoms with Crippen molar-refractivity contribution in [3.05, 3.63) is 71.4 Å². The Labute approximate surface area is 181 Å². The molecular weight excluding hydrogens is 390 g/mol. The van der Waals surface area contributed by atoms with E-state index < -0.39 is 0 Å². The highest BCUT2D eigenvalue weighted by atomic mass is 16.2. The molecule has 1 aliphatic rings. The Morgan fingerprint density at radius 1 is 0.935 bits per heavy atom. The Morgan fingerprint density at radius 3 is 2.35 bits per heavy atom. The van der Waals surface area contributed by atoms with E-state index in [4.69, 9.17) is 0 Å². The molecule has 0 atom stereocenters. The molecule has 1 aromatic heterocycles. The van der Waals surface area contributed by atoms with E-state index in [1.165, 1.54) is 15.8 Å². The topological polar surface area (TPSA) is 89.6 Å². The van der Waals surface area contributed by atoms with Crippen LogP contribution in [0.2, 0.25) is 0 Å². The standard InChI is InChI=1S/C24H27N5O2/c1-25-24(27-14-12-17-16-28-21-11-5-4-8-18(17)21)26-13-6-7-15-29-22(30)19-9-2-3-10-20(19)23(29)31/h2-5,8-11,16,28H,6-7,12-15H2,1H3,(H2,25,26,27). The molecule has 4 rings (SSSR count). The number of nitrogens with zero attached hydrogens (tertiary/aromatic N) is 2. The van der Waals surface area contributed by atoms with Crippen molar-refractivity contribution in [2.45, 2.75) is 19.3 Å². The molecule has 1 aliphatic heterocycles. The molecule has 7 heteroatoms. The van der Waals surface area contributed by atoms with Gasteiger partial charge >= 0.3 is 0 Å². The maximum Gasteiger partial charge on any atom is 0.261 e. The van der Waals surface area contributed by atoms with Gasteiger partial charge in [-0.2, -0.15) is 0 Å². The largest absolute Gasteiger partial charge is 0.361 e. The van der Waals surface area contributed by atoms with Crippen molar-refractivity contribution in [2.75, 3.05) is 26.7 Å². The summed E-state index contributed by atoms with van der Waals surface area (Å²) in [5, 5.41) is 7.88. The molecule has 2 heterocycles. The van der Waals surface area contributed by atoms with Crippen molar-refractivity contribution < 1.29 is 9.59 Å². The fourth-order valence-electron chi connectivity index (χ4n) is 3.92. The number of guanidine groups is 1. The molecule has 0 spiro atoms. The monoisotopic (exact) mass is 417 g/mol. The Morgan fingerprint density at radius 2 is 1.61 bits per heavy atom. The van der Waals surface area contributed by atoms with Gasteiger partial charge in [-0.3, -0.25) is 19.5 Å². The van der Waals surface area contributed by atoms with Crippen LogP contribution in [0.4, 0.5) is 0 Å². The van der Waals surface area contributed by atoms with Crippen LogP contribution in [0.25, 0.3) is 10.9 Å². The third-order valence-corrected chi connectivity index (χ3v) is 5.56. The third kappa shape index (κ3) is 4.45. The number of aliphatic imine (C=N–C) groups is 1. The van der Waals surface area contributed by atoms with E-state index in [0.29, 0.717) is 17.7 Å². The lowest BCUT2D eigenvalue weighted by Crippen LogP contribution is -2.39. The van der Waals surface area contributed by atoms with Crippen LogP contribution in [-0.4, -0.2) is 54.3 Å². The molecule has 2 aromatic carbocycles. The third-order valence-electron chi connectivity index (χ3n) is 5.56. The van der Waals surface area contributed by atoms with Crippen molar-refractivity contribution >= 4 is 28.7 Å². The van der Waals surface area contributed by atoms with Crippen LogP contribution >= 0.6 is 0 Å². The van der Waals surface area contributed by atoms with Gasteiger partial charge in [0.2, 0.25) is 0 Å². The van der Waals surface area contributed by atoms with Crippen molar-refractivity contribution in [1.82, 2.24) is 20.5 Å². The average molecular weight is 418 g/mol. The number of unbranched alkanes of at least 4 members (excludes halogenated alkanes) is 1. The van der Waals surface area contributed by atoms with Crippen LogP contribution < -0.4 is 10.6 Å². The van der Waals surface area contributed by atoms with E-state index in [9.17, 15) is 9.59 Å². The molecule has 0 bridgehead atoms. The Hall–Kier alpha value is -3.61. The second-order valence-corrected chi connectivity index (χ2v) is 7.55. The Kier molecular flexibility index (Phi) is 6.31. The van der Waals surface area contributed by atoms with Crippen LogP contribution in [0.1, 0.15) is 39.1 Å². The zero-order valence-electron chi connectivity index (χ0n) is 17.6. The normalized spacial score (nSPS) is 13.7. The quantitative estimate of drug-likeness (QED) is 0.228. The fraction of sp³-hybridized carbons (Fsp3) is 0.292. The minimum Gasteiger partial charge on any atom is -0.361 e. The second-order valence-electron chi connectivity index (χ2n) is 7.55. The molecule has 0 radical (unpaired) electrons. The summed E-state index contributed by atoms with van der Waals surface area (Å²) < 4.78 is 0. The lowest BCUT2D eigenvalue weighted by molar-refractivity contribution is 0.0652. The van der Waals surface area contributed by atoms with E-state index in [2.05, 4.69) is 45.0 Å². The lowest BCUT2D eigenvalue weighted by atomic mass is 10.1. The first-order valence-corrected chi connectivity index (χ1v) is 10.6. The number of amides is 2. The van der Waals surface area contributed by atoms with Crippen molar-refractivity contribution in [1.29, 1.82) is 0 Å². The van der Waals surface area contributed by atoms with Crippen LogP contribution in [0.5, 0.6) is 0 Å². The number of para-hydroxylation sites is 1. The van der Waals surface area contributed by atoms with Crippen molar-refractivity contribution in [2.24, 2.45) is 4.99 Å². The van der Waals surface area contributed by atoms with Gasteiger partial charge in [-0.25, -0.2) is 0 Å². The zero-order valence-corrected chi connectivity index (χ0v) is 17.6. The summed E-state index contributed by atoms with van der Waals surface area (Å²) in [5.74, 6) is 0.368. The van der Waals surface area contributed by atoms with Crippen LogP contribution in [-0.2, 0) is 6.42 Å². The summed E-state index contributed by atoms with van der Waals surface area (Å²) in [4.78, 5) is 33.7. The second kappa shape index (κ2) is 9.47. The van der Waals surface area contributed by atoms with Gasteiger partial charge < -0.3 is 15.6 Å². The summed E-state index contributed by atoms with van der Waals surface area (Å²) in [5.41, 5.74) is 3.44. The number of nitrogens with one attached hydrogen (secondary N) is 3. The highest BCUT2D eigenvalue weighted by Gasteiger charge is 2.34. The van der Waals surface area contributed by atoms with Crippen LogP contribution in [0.3, 0.4) is 0 Å². The van der Waals surface area contributed by atoms with Crippen molar-refractivity contribution in [3.63, 3.8) is 0 Å². The molecule has 31 heavy (non-hydrogen) atoms. The summed E-state index contributed by atoms with van der Waals surface area (Å²) in [6.45, 7) is 1.92. The number of aromatic amines is 1. The molecule has 0 aliphatic carbocycles. The number of H-pyrrole nitrogens is 1. The molecule has 0 saturated heterocycles. The van der Waals surface area contributed by atoms with E-state index in [-0.39, 0.29) is 11.8 Å². The van der Waals surface area contributed by atoms with E-state index in [1.807, 2.05) is 6.07 Å². The van der Waals surface area contributed by atoms with Gasteiger partial charge in [0, 0.05) is 43.8 Å². The number of benzene rings is 2. The summed E-state index contributed by atoms with van der Waals surface area (Å²) in [6, 6.07) is 15.3. The number of carbonyl (C=O) groups excluding carboxylic acids is 2. The molecule has 0 saturated carbocycles. The van der Waals surface area contributed by atoms with E-state index in [0.717, 1.165) is 43.8 Å². The molecule has 2 amide bonds. The predicted octanol–water partition coefficient (Wildman–Crippen LogP) is 2.95. The fourth-order valence-corrected chi connectivity index (χ4v) is 3.92. The van der Waals surface area contributed by atoms with Gasteiger partial charge in [0.15, 0.2) is 5.96 Å². The Balaban J connectivity index is 1.16. The molecule has 0 unspecified atom stereocenters. The molecular formula is C24H27N5O2. The predicted molar refractivity (Wildman–Crippen MR) is 122 cm³/mol. The number of hydrogen-bond acceptors (Lipinski definition) is 3. The number of hydrogen-bond donors (Lipinski definition) is 3. The zero-order chi connectivity index (χ0) is 21.6. The molecule has 0 fully saturated rings. The van der Waals surface area contributed by atoms with E-state index >= 15 is 0 Å². The SMILES string of the molecule is CN=C(NCCCCN1C(=O)c2ccccc2C1=O)NCCc1c[nH]c2ccccc12. The minimum atomic E-state index is -0.191. The van der Waals surface area contributed by atoms with Gasteiger partial charge in [-0.1, -0.05) is 30.3 Å². The van der Waals surface area contributed by atoms with Crippen LogP contribution in [0, 0.1) is 0 Å². The minimum absolute atomic E-state index is 0.191. The first-order chi connectivity index (χ1) is 15.2. The lowest BCUT2D eigenvalue weighted by Gasteiger charge is -2.15. The first-order valence-electron chi connectivity index (χ1n) is 10.6. The summed E-state index contributed by atoms with van der Waals surface area (Å²) >= 11 is 0. The van der Waals surface area contributed by atoms with Gasteiger partial charge in [0.25, 0.3) is 11.8 Å². The van der Waals surface area contributed by atoms with Gasteiger partial charge in [0.05, 0.1) is 11.1 Å². The number of rotatable bonds is 8. The van der Waals surface area contributed by atoms with E-state index in [1.54, 1.807) is 31.3 Å². The number of aromatic nitrogens is 1. The average Bonchev–Trinajstić information content (AvgIpc) is 3.32. The summed E-state index contributed by atoms with van der Waals surface area (Å²) in [7, 11) is 1.75. The maximum absolute atomic E-state index is 12.4. The summed E-state index contributed by atoms with van der Waals surface area (Å²) in [6.07, 6.45) is 4.52. The molecule has 3 N–H and O–H groups in total. The van der Waals surface area contributed by atoms with Crippen LogP contribution in [0.15, 0.2) is 59.7 Å². The maximum atomic E-state index is 12.4. The first kappa shape index (κ1) is 20.7. The number of carbonyl (C=O) groups is 2. The highest BCUT2D eigenvalue weighted by Crippen LogP contribution is 2.22. The smallest absolute Gasteiger partial charge is 0.261 e. The Bertz CT molecular complexity index is 1080. The van der Waals surface area contributed by atoms with Gasteiger partial charge in [-0.15, -0.1) is 0 Å².